The highest BCUT2D eigenvalue weighted by atomic mass is 16.5. The molecule has 0 aromatic carbocycles. The molecule has 3 rings (SSSR count). The molecule has 1 aromatic heterocycles. The molecule has 6 heteroatoms. The summed E-state index contributed by atoms with van der Waals surface area (Å²) in [6.45, 7) is 3.97. The maximum Gasteiger partial charge on any atom is 0.324 e. The first-order chi connectivity index (χ1) is 10.0. The maximum absolute atomic E-state index is 12.8. The molecule has 1 saturated carbocycles. The first-order valence-electron chi connectivity index (χ1n) is 6.72. The number of rotatable bonds is 2. The van der Waals surface area contributed by atoms with Crippen molar-refractivity contribution in [1.29, 1.82) is 0 Å². The molecule has 2 atom stereocenters. The van der Waals surface area contributed by atoms with Crippen LogP contribution in [0.5, 0.6) is 6.01 Å². The minimum absolute atomic E-state index is 0.108. The quantitative estimate of drug-likeness (QED) is 0.459. The van der Waals surface area contributed by atoms with Gasteiger partial charge in [0.25, 0.3) is 0 Å². The fourth-order valence-corrected chi connectivity index (χ4v) is 3.42. The molecule has 2 aliphatic rings. The van der Waals surface area contributed by atoms with Crippen molar-refractivity contribution in [2.75, 3.05) is 14.2 Å². The van der Waals surface area contributed by atoms with Crippen LogP contribution in [-0.4, -0.2) is 35.9 Å². The molecule has 0 unspecified atom stereocenters. The van der Waals surface area contributed by atoms with Gasteiger partial charge in [0.15, 0.2) is 11.2 Å². The minimum Gasteiger partial charge on any atom is -0.468 e. The van der Waals surface area contributed by atoms with Gasteiger partial charge in [0.05, 0.1) is 19.9 Å². The number of fused-ring (bicyclic) bond motifs is 4. The maximum atomic E-state index is 12.8. The van der Waals surface area contributed by atoms with Gasteiger partial charge in [-0.05, 0) is 12.8 Å². The molecule has 2 aliphatic carbocycles. The fraction of sp³-hybridized carbons (Fsp3) is 0.467. The Balaban J connectivity index is 2.24. The van der Waals surface area contributed by atoms with E-state index in [4.69, 9.17) is 9.47 Å². The SMILES string of the molecule is C=C1C[C@H]2Cc3nc(OC)ncc3[C@@](C(=O)OC)(C1)C2=O. The van der Waals surface area contributed by atoms with Crippen molar-refractivity contribution in [3.8, 4) is 6.01 Å². The molecule has 0 spiro atoms. The van der Waals surface area contributed by atoms with Gasteiger partial charge in [-0.3, -0.25) is 9.59 Å². The van der Waals surface area contributed by atoms with Gasteiger partial charge in [0.2, 0.25) is 0 Å². The van der Waals surface area contributed by atoms with Gasteiger partial charge in [-0.25, -0.2) is 4.98 Å². The lowest BCUT2D eigenvalue weighted by molar-refractivity contribution is -0.155. The second kappa shape index (κ2) is 4.65. The van der Waals surface area contributed by atoms with E-state index < -0.39 is 11.4 Å². The van der Waals surface area contributed by atoms with Crippen LogP contribution in [-0.2, 0) is 26.2 Å². The fourth-order valence-electron chi connectivity index (χ4n) is 3.42. The Morgan fingerprint density at radius 3 is 2.86 bits per heavy atom. The van der Waals surface area contributed by atoms with E-state index in [9.17, 15) is 9.59 Å². The first-order valence-corrected chi connectivity index (χ1v) is 6.72. The summed E-state index contributed by atoms with van der Waals surface area (Å²) in [4.78, 5) is 33.5. The van der Waals surface area contributed by atoms with Crippen LogP contribution in [0, 0.1) is 5.92 Å². The largest absolute Gasteiger partial charge is 0.468 e. The van der Waals surface area contributed by atoms with Crippen LogP contribution in [0.15, 0.2) is 18.3 Å². The second-order valence-electron chi connectivity index (χ2n) is 5.51. The molecule has 0 radical (unpaired) electrons. The molecule has 0 saturated heterocycles. The van der Waals surface area contributed by atoms with Crippen molar-refractivity contribution in [3.05, 3.63) is 29.6 Å². The molecule has 110 valence electrons. The average Bonchev–Trinajstić information content (AvgIpc) is 2.48. The first kappa shape index (κ1) is 13.7. The lowest BCUT2D eigenvalue weighted by Crippen LogP contribution is -2.54. The highest BCUT2D eigenvalue weighted by Gasteiger charge is 2.58. The van der Waals surface area contributed by atoms with Crippen LogP contribution in [0.3, 0.4) is 0 Å². The highest BCUT2D eigenvalue weighted by Crippen LogP contribution is 2.47. The Kier molecular flexibility index (Phi) is 3.04. The normalized spacial score (nSPS) is 27.0. The van der Waals surface area contributed by atoms with Crippen molar-refractivity contribution >= 4 is 11.8 Å². The van der Waals surface area contributed by atoms with Crippen LogP contribution in [0.2, 0.25) is 0 Å². The van der Waals surface area contributed by atoms with Crippen LogP contribution in [0.4, 0.5) is 0 Å². The van der Waals surface area contributed by atoms with Gasteiger partial charge < -0.3 is 9.47 Å². The Morgan fingerprint density at radius 2 is 2.19 bits per heavy atom. The van der Waals surface area contributed by atoms with Crippen LogP contribution >= 0.6 is 0 Å². The molecule has 6 nitrogen and oxygen atoms in total. The lowest BCUT2D eigenvalue weighted by Gasteiger charge is -2.42. The summed E-state index contributed by atoms with van der Waals surface area (Å²) < 4.78 is 9.94. The van der Waals surface area contributed by atoms with E-state index in [1.807, 2.05) is 0 Å². The predicted molar refractivity (Wildman–Crippen MR) is 72.9 cm³/mol. The number of ketones is 1. The molecule has 1 heterocycles. The number of esters is 1. The molecule has 1 fully saturated rings. The third kappa shape index (κ3) is 1.78. The number of allylic oxidation sites excluding steroid dienone is 1. The van der Waals surface area contributed by atoms with E-state index in [0.29, 0.717) is 24.1 Å². The topological polar surface area (TPSA) is 78.4 Å². The van der Waals surface area contributed by atoms with Gasteiger partial charge in [0.1, 0.15) is 0 Å². The van der Waals surface area contributed by atoms with Gasteiger partial charge in [-0.15, -0.1) is 0 Å². The van der Waals surface area contributed by atoms with E-state index in [2.05, 4.69) is 16.5 Å². The van der Waals surface area contributed by atoms with E-state index in [1.54, 1.807) is 0 Å². The average molecular weight is 288 g/mol. The Labute approximate surface area is 122 Å². The smallest absolute Gasteiger partial charge is 0.324 e. The molecule has 0 N–H and O–H groups in total. The second-order valence-corrected chi connectivity index (χ2v) is 5.51. The van der Waals surface area contributed by atoms with Crippen LogP contribution in [0.1, 0.15) is 24.1 Å². The number of carbonyl (C=O) groups excluding carboxylic acids is 2. The number of hydrogen-bond acceptors (Lipinski definition) is 6. The molecular weight excluding hydrogens is 272 g/mol. The number of hydrogen-bond donors (Lipinski definition) is 0. The monoisotopic (exact) mass is 288 g/mol. The summed E-state index contributed by atoms with van der Waals surface area (Å²) in [7, 11) is 2.77. The third-order valence-electron chi connectivity index (χ3n) is 4.30. The minimum atomic E-state index is -1.34. The van der Waals surface area contributed by atoms with Crippen LogP contribution in [0.25, 0.3) is 0 Å². The van der Waals surface area contributed by atoms with Gasteiger partial charge in [-0.1, -0.05) is 12.2 Å². The number of Topliss-reactive ketones (excluding diaryl/α,β-unsaturated/α-hetero) is 1. The summed E-state index contributed by atoms with van der Waals surface area (Å²) >= 11 is 0. The van der Waals surface area contributed by atoms with Crippen molar-refractivity contribution < 1.29 is 19.1 Å². The Bertz CT molecular complexity index is 655. The molecule has 21 heavy (non-hydrogen) atoms. The van der Waals surface area contributed by atoms with E-state index in [0.717, 1.165) is 5.57 Å². The van der Waals surface area contributed by atoms with Gasteiger partial charge >= 0.3 is 12.0 Å². The van der Waals surface area contributed by atoms with E-state index in [1.165, 1.54) is 20.4 Å². The van der Waals surface area contributed by atoms with Crippen LogP contribution < -0.4 is 4.74 Å². The van der Waals surface area contributed by atoms with E-state index >= 15 is 0 Å². The molecule has 0 aliphatic heterocycles. The number of aromatic nitrogens is 2. The van der Waals surface area contributed by atoms with Gasteiger partial charge in [-0.2, -0.15) is 4.98 Å². The molecule has 2 bridgehead atoms. The van der Waals surface area contributed by atoms with Crippen molar-refractivity contribution in [2.24, 2.45) is 5.92 Å². The summed E-state index contributed by atoms with van der Waals surface area (Å²) in [6.07, 6.45) is 2.83. The number of ether oxygens (including phenoxy) is 2. The standard InChI is InChI=1S/C15H16N2O4/c1-8-4-9-5-11-10(7-16-14(17-11)21-3)15(6-8,12(9)18)13(19)20-2/h7,9H,1,4-6H2,2-3H3/t9-,15-/m0/s1. The highest BCUT2D eigenvalue weighted by molar-refractivity contribution is 6.12. The number of carbonyl (C=O) groups is 2. The summed E-state index contributed by atoms with van der Waals surface area (Å²) in [5.41, 5.74) is 0.752. The summed E-state index contributed by atoms with van der Waals surface area (Å²) in [5.74, 6) is -0.950. The third-order valence-corrected chi connectivity index (χ3v) is 4.30. The molecular formula is C15H16N2O4. The lowest BCUT2D eigenvalue weighted by atomic mass is 9.58. The summed E-state index contributed by atoms with van der Waals surface area (Å²) in [6, 6.07) is 0.236. The number of methoxy groups -OCH3 is 2. The summed E-state index contributed by atoms with van der Waals surface area (Å²) in [5, 5.41) is 0. The molecule has 0 amide bonds. The zero-order valence-corrected chi connectivity index (χ0v) is 12.0. The van der Waals surface area contributed by atoms with Crippen molar-refractivity contribution in [1.82, 2.24) is 9.97 Å². The zero-order chi connectivity index (χ0) is 15.2. The molecule has 1 aromatic rings. The number of nitrogens with zero attached hydrogens (tertiary/aromatic N) is 2. The van der Waals surface area contributed by atoms with Gasteiger partial charge in [0, 0.05) is 24.1 Å². The Morgan fingerprint density at radius 1 is 1.43 bits per heavy atom. The zero-order valence-electron chi connectivity index (χ0n) is 12.0. The van der Waals surface area contributed by atoms with Crippen molar-refractivity contribution in [3.63, 3.8) is 0 Å². The van der Waals surface area contributed by atoms with E-state index in [-0.39, 0.29) is 24.1 Å². The predicted octanol–water partition coefficient (Wildman–Crippen LogP) is 0.987. The van der Waals surface area contributed by atoms with Crippen molar-refractivity contribution in [2.45, 2.75) is 24.7 Å². The Hall–Kier alpha value is -2.24.